The quantitative estimate of drug-likeness (QED) is 0.682. The molecular formula is C19H23N7O2. The Balaban J connectivity index is 1.30. The van der Waals surface area contributed by atoms with Crippen molar-refractivity contribution in [3.63, 3.8) is 0 Å². The summed E-state index contributed by atoms with van der Waals surface area (Å²) in [4.78, 5) is 28.1. The summed E-state index contributed by atoms with van der Waals surface area (Å²) in [5.41, 5.74) is 1.77. The summed E-state index contributed by atoms with van der Waals surface area (Å²) in [6, 6.07) is 1.92. The first-order valence-electron chi connectivity index (χ1n) is 9.89. The standard InChI is InChI=1S/C19H23N7O2/c1-11-8-12(2)26-19(20-11)22-17(23-26)18(27)25-7-3-4-13(10-25)9-15-21-16(24-28-15)14-5-6-14/h8,13-14H,3-7,9-10H2,1-2H3/t13-/m0/s1. The van der Waals surface area contributed by atoms with Gasteiger partial charge in [0.2, 0.25) is 11.7 Å². The van der Waals surface area contributed by atoms with Gasteiger partial charge in [-0.1, -0.05) is 5.16 Å². The van der Waals surface area contributed by atoms with Crippen LogP contribution >= 0.6 is 0 Å². The van der Waals surface area contributed by atoms with Crippen molar-refractivity contribution in [3.05, 3.63) is 35.0 Å². The van der Waals surface area contributed by atoms with Crippen LogP contribution in [0.4, 0.5) is 0 Å². The van der Waals surface area contributed by atoms with Gasteiger partial charge in [-0.15, -0.1) is 5.10 Å². The predicted octanol–water partition coefficient (Wildman–Crippen LogP) is 2.10. The first kappa shape index (κ1) is 17.3. The number of piperidine rings is 1. The third-order valence-corrected chi connectivity index (χ3v) is 5.51. The molecule has 1 saturated carbocycles. The molecule has 0 N–H and O–H groups in total. The molecule has 2 aliphatic rings. The summed E-state index contributed by atoms with van der Waals surface area (Å²) in [5, 5.41) is 8.47. The number of carbonyl (C=O) groups excluding carboxylic acids is 1. The highest BCUT2D eigenvalue weighted by Gasteiger charge is 2.31. The molecule has 0 spiro atoms. The smallest absolute Gasteiger partial charge is 0.293 e. The van der Waals surface area contributed by atoms with Crippen LogP contribution in [0.25, 0.3) is 5.78 Å². The van der Waals surface area contributed by atoms with E-state index in [-0.39, 0.29) is 11.7 Å². The Morgan fingerprint density at radius 1 is 1.21 bits per heavy atom. The van der Waals surface area contributed by atoms with E-state index < -0.39 is 0 Å². The summed E-state index contributed by atoms with van der Waals surface area (Å²) in [5.74, 6) is 2.85. The van der Waals surface area contributed by atoms with Crippen LogP contribution in [-0.4, -0.2) is 53.6 Å². The van der Waals surface area contributed by atoms with E-state index in [9.17, 15) is 4.79 Å². The molecule has 2 fully saturated rings. The fourth-order valence-corrected chi connectivity index (χ4v) is 3.92. The number of carbonyl (C=O) groups is 1. The van der Waals surface area contributed by atoms with Gasteiger partial charge in [0.15, 0.2) is 5.82 Å². The number of amides is 1. The second-order valence-electron chi connectivity index (χ2n) is 7.97. The van der Waals surface area contributed by atoms with Crippen molar-refractivity contribution >= 4 is 11.7 Å². The molecule has 0 aromatic carbocycles. The van der Waals surface area contributed by atoms with Crippen molar-refractivity contribution in [1.29, 1.82) is 0 Å². The highest BCUT2D eigenvalue weighted by molar-refractivity contribution is 5.91. The third-order valence-electron chi connectivity index (χ3n) is 5.51. The molecule has 3 aromatic heterocycles. The third kappa shape index (κ3) is 3.25. The lowest BCUT2D eigenvalue weighted by Crippen LogP contribution is -2.41. The predicted molar refractivity (Wildman–Crippen MR) is 98.9 cm³/mol. The average Bonchev–Trinajstić information content (AvgIpc) is 3.27. The van der Waals surface area contributed by atoms with Gasteiger partial charge in [-0.3, -0.25) is 4.79 Å². The summed E-state index contributed by atoms with van der Waals surface area (Å²) < 4.78 is 7.04. The molecule has 1 aliphatic heterocycles. The summed E-state index contributed by atoms with van der Waals surface area (Å²) in [6.07, 6.45) is 5.02. The maximum atomic E-state index is 13.0. The Morgan fingerprint density at radius 2 is 2.07 bits per heavy atom. The van der Waals surface area contributed by atoms with Gasteiger partial charge in [-0.05, 0) is 51.5 Å². The number of nitrogens with zero attached hydrogens (tertiary/aromatic N) is 7. The molecule has 3 aromatic rings. The Kier molecular flexibility index (Phi) is 4.10. The first-order chi connectivity index (χ1) is 13.6. The lowest BCUT2D eigenvalue weighted by Gasteiger charge is -2.31. The van der Waals surface area contributed by atoms with E-state index in [1.54, 1.807) is 4.52 Å². The lowest BCUT2D eigenvalue weighted by molar-refractivity contribution is 0.0656. The number of hydrogen-bond donors (Lipinski definition) is 0. The molecule has 5 rings (SSSR count). The number of rotatable bonds is 4. The van der Waals surface area contributed by atoms with Crippen molar-refractivity contribution in [1.82, 2.24) is 34.6 Å². The van der Waals surface area contributed by atoms with E-state index in [4.69, 9.17) is 4.52 Å². The Hall–Kier alpha value is -2.84. The molecule has 9 nitrogen and oxygen atoms in total. The molecule has 1 atom stereocenters. The number of hydrogen-bond acceptors (Lipinski definition) is 7. The summed E-state index contributed by atoms with van der Waals surface area (Å²) >= 11 is 0. The monoisotopic (exact) mass is 381 g/mol. The van der Waals surface area contributed by atoms with E-state index in [1.807, 2.05) is 24.8 Å². The van der Waals surface area contributed by atoms with Crippen molar-refractivity contribution in [3.8, 4) is 0 Å². The maximum absolute atomic E-state index is 13.0. The van der Waals surface area contributed by atoms with E-state index in [1.165, 1.54) is 0 Å². The summed E-state index contributed by atoms with van der Waals surface area (Å²) in [7, 11) is 0. The van der Waals surface area contributed by atoms with Gasteiger partial charge >= 0.3 is 0 Å². The zero-order valence-corrected chi connectivity index (χ0v) is 16.1. The van der Waals surface area contributed by atoms with E-state index in [0.717, 1.165) is 42.9 Å². The molecule has 1 amide bonds. The molecule has 9 heteroatoms. The van der Waals surface area contributed by atoms with Crippen molar-refractivity contribution < 1.29 is 9.32 Å². The van der Waals surface area contributed by atoms with Gasteiger partial charge in [0.05, 0.1) is 0 Å². The SMILES string of the molecule is Cc1cc(C)n2nc(C(=O)N3CCC[C@@H](Cc4nc(C5CC5)no4)C3)nc2n1. The van der Waals surface area contributed by atoms with E-state index >= 15 is 0 Å². The van der Waals surface area contributed by atoms with Gasteiger partial charge in [0.25, 0.3) is 11.7 Å². The highest BCUT2D eigenvalue weighted by atomic mass is 16.5. The minimum atomic E-state index is -0.142. The summed E-state index contributed by atoms with van der Waals surface area (Å²) in [6.45, 7) is 5.21. The average molecular weight is 381 g/mol. The normalized spacial score (nSPS) is 20.1. The van der Waals surface area contributed by atoms with Gasteiger partial charge in [-0.2, -0.15) is 9.97 Å². The Labute approximate surface area is 162 Å². The van der Waals surface area contributed by atoms with E-state index in [2.05, 4.69) is 25.2 Å². The molecule has 1 saturated heterocycles. The number of fused-ring (bicyclic) bond motifs is 1. The lowest BCUT2D eigenvalue weighted by atomic mass is 9.94. The van der Waals surface area contributed by atoms with Crippen molar-refractivity contribution in [2.45, 2.75) is 51.9 Å². The fraction of sp³-hybridized carbons (Fsp3) is 0.579. The van der Waals surface area contributed by atoms with Crippen LogP contribution in [-0.2, 0) is 6.42 Å². The van der Waals surface area contributed by atoms with Crippen LogP contribution in [0.2, 0.25) is 0 Å². The number of aryl methyl sites for hydroxylation is 2. The van der Waals surface area contributed by atoms with Gasteiger partial charge in [-0.25, -0.2) is 9.50 Å². The second kappa shape index (κ2) is 6.65. The van der Waals surface area contributed by atoms with Crippen LogP contribution in [0.1, 0.15) is 65.3 Å². The minimum Gasteiger partial charge on any atom is -0.339 e. The number of likely N-dealkylation sites (tertiary alicyclic amines) is 1. The zero-order chi connectivity index (χ0) is 19.3. The molecule has 0 bridgehead atoms. The Morgan fingerprint density at radius 3 is 2.89 bits per heavy atom. The molecule has 0 radical (unpaired) electrons. The zero-order valence-electron chi connectivity index (χ0n) is 16.1. The van der Waals surface area contributed by atoms with Crippen LogP contribution in [0.15, 0.2) is 10.6 Å². The minimum absolute atomic E-state index is 0.142. The second-order valence-corrected chi connectivity index (χ2v) is 7.97. The van der Waals surface area contributed by atoms with Crippen LogP contribution in [0.5, 0.6) is 0 Å². The highest BCUT2D eigenvalue weighted by Crippen LogP contribution is 2.38. The molecule has 4 heterocycles. The Bertz CT molecular complexity index is 1040. The van der Waals surface area contributed by atoms with Gasteiger partial charge < -0.3 is 9.42 Å². The molecule has 1 aliphatic carbocycles. The molecule has 28 heavy (non-hydrogen) atoms. The van der Waals surface area contributed by atoms with Crippen LogP contribution in [0, 0.1) is 19.8 Å². The topological polar surface area (TPSA) is 102 Å². The molecular weight excluding hydrogens is 358 g/mol. The largest absolute Gasteiger partial charge is 0.339 e. The van der Waals surface area contributed by atoms with Crippen LogP contribution < -0.4 is 0 Å². The van der Waals surface area contributed by atoms with Gasteiger partial charge in [0, 0.05) is 36.8 Å². The van der Waals surface area contributed by atoms with Crippen molar-refractivity contribution in [2.24, 2.45) is 5.92 Å². The van der Waals surface area contributed by atoms with Gasteiger partial charge in [0.1, 0.15) is 0 Å². The van der Waals surface area contributed by atoms with Crippen molar-refractivity contribution in [2.75, 3.05) is 13.1 Å². The fourth-order valence-electron chi connectivity index (χ4n) is 3.92. The van der Waals surface area contributed by atoms with E-state index in [0.29, 0.717) is 43.0 Å². The molecule has 0 unspecified atom stereocenters. The number of aromatic nitrogens is 6. The van der Waals surface area contributed by atoms with Crippen LogP contribution in [0.3, 0.4) is 0 Å². The molecule has 146 valence electrons. The maximum Gasteiger partial charge on any atom is 0.293 e. The first-order valence-corrected chi connectivity index (χ1v) is 9.89.